The molecule has 19 heavy (non-hydrogen) atoms. The van der Waals surface area contributed by atoms with Crippen molar-refractivity contribution in [1.29, 1.82) is 0 Å². The molecule has 0 amide bonds. The lowest BCUT2D eigenvalue weighted by Gasteiger charge is -2.20. The molecule has 2 fully saturated rings. The highest BCUT2D eigenvalue weighted by atomic mass is 16.5. The summed E-state index contributed by atoms with van der Waals surface area (Å²) < 4.78 is 5.22. The van der Waals surface area contributed by atoms with Crippen LogP contribution in [0.4, 0.5) is 5.82 Å². The van der Waals surface area contributed by atoms with Crippen molar-refractivity contribution in [3.63, 3.8) is 0 Å². The van der Waals surface area contributed by atoms with Gasteiger partial charge in [0.2, 0.25) is 0 Å². The summed E-state index contributed by atoms with van der Waals surface area (Å²) in [6.07, 6.45) is 1.57. The molecule has 2 aliphatic heterocycles. The molecule has 2 aromatic rings. The number of anilines is 1. The van der Waals surface area contributed by atoms with Gasteiger partial charge >= 0.3 is 0 Å². The molecule has 0 unspecified atom stereocenters. The zero-order valence-electron chi connectivity index (χ0n) is 11.2. The van der Waals surface area contributed by atoms with Crippen LogP contribution in [0.2, 0.25) is 0 Å². The van der Waals surface area contributed by atoms with Crippen LogP contribution in [0.1, 0.15) is 5.69 Å². The second-order valence-electron chi connectivity index (χ2n) is 5.79. The lowest BCUT2D eigenvalue weighted by atomic mass is 10.0. The van der Waals surface area contributed by atoms with Gasteiger partial charge in [0.05, 0.1) is 5.69 Å². The summed E-state index contributed by atoms with van der Waals surface area (Å²) in [6.45, 7) is 6.48. The van der Waals surface area contributed by atoms with E-state index in [1.165, 1.54) is 13.1 Å². The molecule has 0 bridgehead atoms. The van der Waals surface area contributed by atoms with Gasteiger partial charge in [-0.2, -0.15) is 4.98 Å². The Morgan fingerprint density at radius 1 is 1.16 bits per heavy atom. The Labute approximate surface area is 111 Å². The average Bonchev–Trinajstić information content (AvgIpc) is 3.02. The molecule has 0 saturated carbocycles. The van der Waals surface area contributed by atoms with E-state index in [0.29, 0.717) is 5.71 Å². The molecule has 2 atom stereocenters. The van der Waals surface area contributed by atoms with Gasteiger partial charge in [-0.25, -0.2) is 4.98 Å². The Bertz CT molecular complexity index is 611. The highest BCUT2D eigenvalue weighted by Crippen LogP contribution is 2.35. The van der Waals surface area contributed by atoms with E-state index in [0.717, 1.165) is 41.8 Å². The van der Waals surface area contributed by atoms with Crippen LogP contribution in [0.5, 0.6) is 0 Å². The lowest BCUT2D eigenvalue weighted by Crippen LogP contribution is -2.27. The van der Waals surface area contributed by atoms with Gasteiger partial charge in [0, 0.05) is 26.2 Å². The zero-order valence-corrected chi connectivity index (χ0v) is 11.2. The fourth-order valence-corrected chi connectivity index (χ4v) is 3.54. The van der Waals surface area contributed by atoms with Crippen LogP contribution in [0.15, 0.2) is 10.9 Å². The maximum Gasteiger partial charge on any atom is 0.263 e. The molecule has 0 radical (unpaired) electrons. The molecule has 6 heteroatoms. The van der Waals surface area contributed by atoms with Crippen molar-refractivity contribution in [3.8, 4) is 0 Å². The van der Waals surface area contributed by atoms with Gasteiger partial charge in [-0.15, -0.1) is 0 Å². The van der Waals surface area contributed by atoms with Gasteiger partial charge in [0.1, 0.15) is 17.5 Å². The molecular weight excluding hydrogens is 242 g/mol. The minimum absolute atomic E-state index is 0.594. The number of nitrogens with zero attached hydrogens (tertiary/aromatic N) is 5. The number of likely N-dealkylation sites (tertiary alicyclic amines) is 1. The largest absolute Gasteiger partial charge is 0.355 e. The van der Waals surface area contributed by atoms with E-state index < -0.39 is 0 Å². The van der Waals surface area contributed by atoms with Crippen LogP contribution in [-0.4, -0.2) is 53.3 Å². The lowest BCUT2D eigenvalue weighted by molar-refractivity contribution is 0.387. The monoisotopic (exact) mass is 259 g/mol. The third-order valence-electron chi connectivity index (χ3n) is 4.39. The molecule has 0 aliphatic carbocycles. The van der Waals surface area contributed by atoms with E-state index in [9.17, 15) is 0 Å². The standard InChI is InChI=1S/C13H17N5O/c1-8-11-12(14-7-15-13(11)19-16-8)18-5-9-3-17(2)4-10(9)6-18/h7,9-10H,3-6H2,1-2H3/t9-,10+. The highest BCUT2D eigenvalue weighted by molar-refractivity contribution is 5.87. The van der Waals surface area contributed by atoms with Gasteiger partial charge in [-0.05, 0) is 25.8 Å². The molecule has 0 N–H and O–H groups in total. The smallest absolute Gasteiger partial charge is 0.263 e. The summed E-state index contributed by atoms with van der Waals surface area (Å²) in [4.78, 5) is 13.4. The summed E-state index contributed by atoms with van der Waals surface area (Å²) in [6, 6.07) is 0. The third-order valence-corrected chi connectivity index (χ3v) is 4.39. The van der Waals surface area contributed by atoms with Crippen LogP contribution in [0, 0.1) is 18.8 Å². The third kappa shape index (κ3) is 1.63. The first kappa shape index (κ1) is 11.2. The topological polar surface area (TPSA) is 58.3 Å². The first-order valence-corrected chi connectivity index (χ1v) is 6.73. The van der Waals surface area contributed by atoms with E-state index in [2.05, 4.69) is 32.0 Å². The van der Waals surface area contributed by atoms with Crippen LogP contribution in [0.25, 0.3) is 11.1 Å². The summed E-state index contributed by atoms with van der Waals surface area (Å²) in [5, 5.41) is 4.97. The van der Waals surface area contributed by atoms with Crippen molar-refractivity contribution in [2.75, 3.05) is 38.1 Å². The number of aryl methyl sites for hydroxylation is 1. The number of aromatic nitrogens is 3. The predicted molar refractivity (Wildman–Crippen MR) is 71.0 cm³/mol. The summed E-state index contributed by atoms with van der Waals surface area (Å²) in [5.74, 6) is 2.51. The van der Waals surface area contributed by atoms with Gasteiger partial charge in [0.15, 0.2) is 0 Å². The fraction of sp³-hybridized carbons (Fsp3) is 0.615. The van der Waals surface area contributed by atoms with Crippen molar-refractivity contribution < 1.29 is 4.52 Å². The van der Waals surface area contributed by atoms with Crippen LogP contribution < -0.4 is 4.90 Å². The van der Waals surface area contributed by atoms with E-state index in [-0.39, 0.29) is 0 Å². The molecule has 4 rings (SSSR count). The summed E-state index contributed by atoms with van der Waals surface area (Å²) in [7, 11) is 2.20. The number of hydrogen-bond donors (Lipinski definition) is 0. The maximum absolute atomic E-state index is 5.22. The Morgan fingerprint density at radius 3 is 2.63 bits per heavy atom. The second-order valence-corrected chi connectivity index (χ2v) is 5.79. The Balaban J connectivity index is 1.71. The van der Waals surface area contributed by atoms with Crippen molar-refractivity contribution in [2.45, 2.75) is 6.92 Å². The molecule has 0 aromatic carbocycles. The van der Waals surface area contributed by atoms with Gasteiger partial charge in [-0.1, -0.05) is 5.16 Å². The zero-order chi connectivity index (χ0) is 13.0. The van der Waals surface area contributed by atoms with Crippen LogP contribution in [-0.2, 0) is 0 Å². The van der Waals surface area contributed by atoms with Gasteiger partial charge < -0.3 is 14.3 Å². The quantitative estimate of drug-likeness (QED) is 0.759. The van der Waals surface area contributed by atoms with E-state index in [4.69, 9.17) is 4.52 Å². The van der Waals surface area contributed by atoms with E-state index >= 15 is 0 Å². The van der Waals surface area contributed by atoms with Crippen molar-refractivity contribution >= 4 is 16.9 Å². The molecule has 6 nitrogen and oxygen atoms in total. The fourth-order valence-electron chi connectivity index (χ4n) is 3.54. The molecule has 2 aliphatic rings. The van der Waals surface area contributed by atoms with Crippen LogP contribution in [0.3, 0.4) is 0 Å². The number of rotatable bonds is 1. The van der Waals surface area contributed by atoms with Crippen molar-refractivity contribution in [2.24, 2.45) is 11.8 Å². The van der Waals surface area contributed by atoms with Crippen LogP contribution >= 0.6 is 0 Å². The first-order chi connectivity index (χ1) is 9.22. The molecular formula is C13H17N5O. The number of fused-ring (bicyclic) bond motifs is 2. The molecule has 2 aromatic heterocycles. The van der Waals surface area contributed by atoms with E-state index in [1.54, 1.807) is 6.33 Å². The summed E-state index contributed by atoms with van der Waals surface area (Å²) in [5.41, 5.74) is 1.47. The van der Waals surface area contributed by atoms with Gasteiger partial charge in [0.25, 0.3) is 5.71 Å². The molecule has 100 valence electrons. The van der Waals surface area contributed by atoms with Crippen molar-refractivity contribution in [1.82, 2.24) is 20.0 Å². The highest BCUT2D eigenvalue weighted by Gasteiger charge is 2.39. The minimum atomic E-state index is 0.594. The van der Waals surface area contributed by atoms with Gasteiger partial charge in [-0.3, -0.25) is 0 Å². The Kier molecular flexibility index (Phi) is 2.29. The second kappa shape index (κ2) is 3.90. The molecule has 2 saturated heterocycles. The van der Waals surface area contributed by atoms with Crippen molar-refractivity contribution in [3.05, 3.63) is 12.0 Å². The Hall–Kier alpha value is -1.69. The number of hydrogen-bond acceptors (Lipinski definition) is 6. The molecule has 4 heterocycles. The molecule has 0 spiro atoms. The predicted octanol–water partition coefficient (Wildman–Crippen LogP) is 0.924. The SMILES string of the molecule is Cc1noc2ncnc(N3C[C@H]4CN(C)C[C@H]4C3)c12. The maximum atomic E-state index is 5.22. The summed E-state index contributed by atoms with van der Waals surface area (Å²) >= 11 is 0. The Morgan fingerprint density at radius 2 is 1.89 bits per heavy atom. The first-order valence-electron chi connectivity index (χ1n) is 6.73. The average molecular weight is 259 g/mol. The normalized spacial score (nSPS) is 27.4. The van der Waals surface area contributed by atoms with E-state index in [1.807, 2.05) is 6.92 Å². The minimum Gasteiger partial charge on any atom is -0.355 e.